The van der Waals surface area contributed by atoms with Crippen molar-refractivity contribution < 1.29 is 28.5 Å². The fourth-order valence-corrected chi connectivity index (χ4v) is 8.38. The fraction of sp³-hybridized carbons (Fsp3) is 0.414. The molecule has 5 N–H and O–H groups in total. The van der Waals surface area contributed by atoms with Crippen molar-refractivity contribution >= 4 is 57.6 Å². The topological polar surface area (TPSA) is 129 Å². The van der Waals surface area contributed by atoms with Gasteiger partial charge in [-0.05, 0) is 43.0 Å². The van der Waals surface area contributed by atoms with Crippen LogP contribution in [0.2, 0.25) is 0 Å². The Hall–Kier alpha value is -2.51. The molecule has 1 atom stereocenters. The number of rotatable bonds is 8. The van der Waals surface area contributed by atoms with Gasteiger partial charge in [0, 0.05) is 48.9 Å². The molecule has 224 valence electrons. The summed E-state index contributed by atoms with van der Waals surface area (Å²) in [5.74, 6) is -0.290. The van der Waals surface area contributed by atoms with Crippen LogP contribution in [0.25, 0.3) is 10.4 Å². The van der Waals surface area contributed by atoms with Crippen molar-refractivity contribution in [2.24, 2.45) is 5.92 Å². The number of fused-ring (bicyclic) bond motifs is 1. The molecule has 1 aliphatic heterocycles. The number of nitrogens with two attached hydrogens (primary N) is 1. The Morgan fingerprint density at radius 3 is 2.44 bits per heavy atom. The lowest BCUT2D eigenvalue weighted by molar-refractivity contribution is 0.0703. The third-order valence-corrected chi connectivity index (χ3v) is 11.1. The Kier molecular flexibility index (Phi) is 10.1. The highest BCUT2D eigenvalue weighted by Crippen LogP contribution is 2.61. The van der Waals surface area contributed by atoms with Crippen LogP contribution >= 0.6 is 34.5 Å². The number of carbonyl (C=O) groups is 1. The summed E-state index contributed by atoms with van der Waals surface area (Å²) >= 11 is 1.03. The van der Waals surface area contributed by atoms with Crippen molar-refractivity contribution in [1.82, 2.24) is 4.31 Å². The number of nitrogens with zero attached hydrogens (tertiary/aromatic N) is 2. The van der Waals surface area contributed by atoms with Gasteiger partial charge < -0.3 is 25.2 Å². The molecule has 0 bridgehead atoms. The van der Waals surface area contributed by atoms with Crippen LogP contribution in [0.3, 0.4) is 0 Å². The summed E-state index contributed by atoms with van der Waals surface area (Å²) in [6, 6.07) is 15.1. The van der Waals surface area contributed by atoms with Crippen molar-refractivity contribution in [2.75, 3.05) is 44.5 Å². The van der Waals surface area contributed by atoms with Gasteiger partial charge in [-0.25, -0.2) is 4.79 Å². The van der Waals surface area contributed by atoms with E-state index >= 15 is 0 Å². The highest BCUT2D eigenvalue weighted by Gasteiger charge is 2.41. The maximum absolute atomic E-state index is 11.9. The molecular formula is C29H38ClN3O6S2. The fourth-order valence-electron chi connectivity index (χ4n) is 5.79. The van der Waals surface area contributed by atoms with Crippen LogP contribution in [0.4, 0.5) is 17.1 Å². The molecule has 1 aliphatic carbocycles. The van der Waals surface area contributed by atoms with Crippen LogP contribution in [0.1, 0.15) is 41.8 Å². The summed E-state index contributed by atoms with van der Waals surface area (Å²) in [6.07, 6.45) is 5.58. The van der Waals surface area contributed by atoms with Crippen LogP contribution < -0.4 is 15.4 Å². The van der Waals surface area contributed by atoms with E-state index in [4.69, 9.17) is 15.2 Å². The van der Waals surface area contributed by atoms with Gasteiger partial charge in [-0.2, -0.15) is 4.31 Å². The standard InChI is InChI=1S/C29H37N3O6S2.ClH/c1-31-24(19-9-5-3-6-10-19)18-32(20-11-7-4-8-12-20)23-17-25(38-14-13-37-2)21(15-27(23)40(31,35)36)26-16-22(30)28(39-26)29(33)34;/h4,7-8,11-12,15-17,19,24,35-36H,3,5-6,9-10,13-14,18,30H2,1-2H3,(H,33,34);1H. The number of carboxylic acid groups (broad SMARTS) is 1. The molecule has 0 amide bonds. The number of thiophene rings is 1. The Bertz CT molecular complexity index is 1350. The second-order valence-electron chi connectivity index (χ2n) is 10.3. The minimum atomic E-state index is -3.42. The first kappa shape index (κ1) is 31.4. The molecule has 9 nitrogen and oxygen atoms in total. The lowest BCUT2D eigenvalue weighted by Crippen LogP contribution is -2.45. The number of likely N-dealkylation sites (N-methyl/N-ethyl adjacent to an activating group) is 1. The Morgan fingerprint density at radius 2 is 1.80 bits per heavy atom. The second kappa shape index (κ2) is 13.2. The average Bonchev–Trinajstić information content (AvgIpc) is 3.32. The summed E-state index contributed by atoms with van der Waals surface area (Å²) in [7, 11) is -0.0222. The van der Waals surface area contributed by atoms with Crippen molar-refractivity contribution in [3.05, 3.63) is 53.4 Å². The zero-order valence-electron chi connectivity index (χ0n) is 23.2. The van der Waals surface area contributed by atoms with Crippen LogP contribution in [0.5, 0.6) is 5.75 Å². The number of para-hydroxylation sites is 1. The molecule has 2 aliphatic rings. The van der Waals surface area contributed by atoms with Gasteiger partial charge in [0.2, 0.25) is 0 Å². The summed E-state index contributed by atoms with van der Waals surface area (Å²) in [4.78, 5) is 14.9. The summed E-state index contributed by atoms with van der Waals surface area (Å²) in [5.41, 5.74) is 8.34. The molecule has 1 aromatic heterocycles. The van der Waals surface area contributed by atoms with Gasteiger partial charge in [0.1, 0.15) is 17.2 Å². The minimum Gasteiger partial charge on any atom is -0.490 e. The number of benzene rings is 2. The molecule has 0 radical (unpaired) electrons. The highest BCUT2D eigenvalue weighted by atomic mass is 35.5. The van der Waals surface area contributed by atoms with E-state index in [-0.39, 0.29) is 35.6 Å². The summed E-state index contributed by atoms with van der Waals surface area (Å²) in [6.45, 7) is 1.20. The molecule has 2 heterocycles. The van der Waals surface area contributed by atoms with Crippen LogP contribution in [0.15, 0.2) is 53.4 Å². The van der Waals surface area contributed by atoms with Crippen molar-refractivity contribution in [1.29, 1.82) is 0 Å². The van der Waals surface area contributed by atoms with Gasteiger partial charge in [0.25, 0.3) is 0 Å². The molecule has 2 aromatic carbocycles. The maximum atomic E-state index is 11.9. The average molecular weight is 624 g/mol. The molecular weight excluding hydrogens is 586 g/mol. The highest BCUT2D eigenvalue weighted by molar-refractivity contribution is 8.22. The number of methoxy groups -OCH3 is 1. The third kappa shape index (κ3) is 6.31. The number of aromatic carboxylic acids is 1. The number of ether oxygens (including phenoxy) is 2. The smallest absolute Gasteiger partial charge is 0.348 e. The Morgan fingerprint density at radius 1 is 1.10 bits per heavy atom. The lowest BCUT2D eigenvalue weighted by Gasteiger charge is -2.46. The third-order valence-electron chi connectivity index (χ3n) is 7.91. The van der Waals surface area contributed by atoms with E-state index in [0.29, 0.717) is 45.8 Å². The number of hydrogen-bond donors (Lipinski definition) is 4. The zero-order valence-corrected chi connectivity index (χ0v) is 25.6. The van der Waals surface area contributed by atoms with E-state index in [1.165, 1.54) is 6.42 Å². The monoisotopic (exact) mass is 623 g/mol. The molecule has 1 fully saturated rings. The number of nitrogen functional groups attached to an aromatic ring is 1. The largest absolute Gasteiger partial charge is 0.490 e. The van der Waals surface area contributed by atoms with Gasteiger partial charge in [-0.15, -0.1) is 34.5 Å². The van der Waals surface area contributed by atoms with Gasteiger partial charge in [-0.1, -0.05) is 37.5 Å². The van der Waals surface area contributed by atoms with Gasteiger partial charge >= 0.3 is 5.97 Å². The predicted molar refractivity (Wildman–Crippen MR) is 168 cm³/mol. The van der Waals surface area contributed by atoms with Crippen LogP contribution in [0, 0.1) is 5.92 Å². The zero-order chi connectivity index (χ0) is 28.4. The molecule has 3 aromatic rings. The van der Waals surface area contributed by atoms with Crippen molar-refractivity contribution in [3.63, 3.8) is 0 Å². The Balaban J connectivity index is 0.00000387. The first-order chi connectivity index (χ1) is 19.2. The molecule has 1 saturated carbocycles. The van der Waals surface area contributed by atoms with Crippen molar-refractivity contribution in [2.45, 2.75) is 43.0 Å². The van der Waals surface area contributed by atoms with E-state index in [1.807, 2.05) is 36.4 Å². The molecule has 1 unspecified atom stereocenters. The van der Waals surface area contributed by atoms with E-state index < -0.39 is 16.7 Å². The van der Waals surface area contributed by atoms with E-state index in [9.17, 15) is 19.0 Å². The van der Waals surface area contributed by atoms with E-state index in [1.54, 1.807) is 30.6 Å². The minimum absolute atomic E-state index is 0. The number of halogens is 1. The van der Waals surface area contributed by atoms with E-state index in [0.717, 1.165) is 42.7 Å². The summed E-state index contributed by atoms with van der Waals surface area (Å²) < 4.78 is 37.0. The maximum Gasteiger partial charge on any atom is 0.348 e. The number of anilines is 3. The normalized spacial score (nSPS) is 20.0. The van der Waals surface area contributed by atoms with Crippen LogP contribution in [-0.4, -0.2) is 64.4 Å². The molecule has 0 saturated heterocycles. The SMILES string of the molecule is COCCOc1cc2c(cc1-c1cc(N)c(C(=O)O)s1)S(O)(O)N(C)C(C1CCCCC1)CN2c1ccccc1.Cl. The molecule has 5 rings (SSSR count). The van der Waals surface area contributed by atoms with Crippen molar-refractivity contribution in [3.8, 4) is 16.2 Å². The van der Waals surface area contributed by atoms with Gasteiger partial charge in [0.05, 0.1) is 22.9 Å². The summed E-state index contributed by atoms with van der Waals surface area (Å²) in [5, 5.41) is 9.62. The first-order valence-corrected chi connectivity index (χ1v) is 15.8. The predicted octanol–water partition coefficient (Wildman–Crippen LogP) is 7.20. The lowest BCUT2D eigenvalue weighted by atomic mass is 9.83. The second-order valence-corrected chi connectivity index (χ2v) is 13.4. The van der Waals surface area contributed by atoms with Gasteiger partial charge in [0.15, 0.2) is 0 Å². The molecule has 41 heavy (non-hydrogen) atoms. The molecule has 0 spiro atoms. The first-order valence-electron chi connectivity index (χ1n) is 13.5. The van der Waals surface area contributed by atoms with Crippen LogP contribution in [-0.2, 0) is 4.74 Å². The number of hydrogen-bond acceptors (Lipinski definition) is 9. The number of carboxylic acids is 1. The quantitative estimate of drug-likeness (QED) is 0.192. The van der Waals surface area contributed by atoms with Gasteiger partial charge in [-0.3, -0.25) is 9.11 Å². The van der Waals surface area contributed by atoms with E-state index in [2.05, 4.69) is 4.90 Å². The molecule has 12 heteroatoms. The Labute approximate surface area is 252 Å².